The first-order chi connectivity index (χ1) is 10.7. The fourth-order valence-electron chi connectivity index (χ4n) is 3.85. The highest BCUT2D eigenvalue weighted by Crippen LogP contribution is 2.56. The van der Waals surface area contributed by atoms with Crippen LogP contribution in [-0.4, -0.2) is 17.1 Å². The molecule has 1 heterocycles. The lowest BCUT2D eigenvalue weighted by atomic mass is 9.86. The van der Waals surface area contributed by atoms with Gasteiger partial charge in [-0.1, -0.05) is 40.3 Å². The molecule has 1 N–H and O–H groups in total. The molecule has 2 fully saturated rings. The van der Waals surface area contributed by atoms with Gasteiger partial charge < -0.3 is 9.84 Å². The predicted molar refractivity (Wildman–Crippen MR) is 87.5 cm³/mol. The first kappa shape index (κ1) is 14.2. The normalized spacial score (nSPS) is 22.9. The van der Waals surface area contributed by atoms with E-state index in [9.17, 15) is 4.79 Å². The number of fused-ring (bicyclic) bond motifs is 1. The van der Waals surface area contributed by atoms with Crippen LogP contribution in [0.15, 0.2) is 27.2 Å². The summed E-state index contributed by atoms with van der Waals surface area (Å²) in [5, 5.41) is 8.16. The Labute approximate surface area is 137 Å². The lowest BCUT2D eigenvalue weighted by molar-refractivity contribution is -0.120. The summed E-state index contributed by atoms with van der Waals surface area (Å²) in [6.07, 6.45) is 7.97. The summed E-state index contributed by atoms with van der Waals surface area (Å²) >= 11 is 3.45. The SMILES string of the molecule is O=C(Cc1noc2ccc(Br)cc12)NC1CC12CCCCC2. The monoisotopic (exact) mass is 362 g/mol. The highest BCUT2D eigenvalue weighted by molar-refractivity contribution is 9.10. The summed E-state index contributed by atoms with van der Waals surface area (Å²) in [6.45, 7) is 0. The zero-order chi connectivity index (χ0) is 15.2. The molecular formula is C17H19BrN2O2. The van der Waals surface area contributed by atoms with Crippen LogP contribution in [0.4, 0.5) is 0 Å². The van der Waals surface area contributed by atoms with Crippen LogP contribution in [0.5, 0.6) is 0 Å². The van der Waals surface area contributed by atoms with Crippen LogP contribution in [0.1, 0.15) is 44.2 Å². The molecule has 0 bridgehead atoms. The third kappa shape index (κ3) is 2.56. The van der Waals surface area contributed by atoms with Crippen LogP contribution < -0.4 is 5.32 Å². The topological polar surface area (TPSA) is 55.1 Å². The second-order valence-electron chi connectivity index (χ2n) is 6.69. The summed E-state index contributed by atoms with van der Waals surface area (Å²) in [5.41, 5.74) is 1.86. The van der Waals surface area contributed by atoms with E-state index < -0.39 is 0 Å². The molecule has 2 aromatic rings. The molecule has 0 saturated heterocycles. The Hall–Kier alpha value is -1.36. The number of rotatable bonds is 3. The van der Waals surface area contributed by atoms with Crippen molar-refractivity contribution < 1.29 is 9.32 Å². The second-order valence-corrected chi connectivity index (χ2v) is 7.61. The van der Waals surface area contributed by atoms with Crippen molar-refractivity contribution in [1.29, 1.82) is 0 Å². The fraction of sp³-hybridized carbons (Fsp3) is 0.529. The van der Waals surface area contributed by atoms with E-state index in [0.29, 0.717) is 17.2 Å². The molecular weight excluding hydrogens is 344 g/mol. The van der Waals surface area contributed by atoms with Crippen molar-refractivity contribution in [3.05, 3.63) is 28.4 Å². The molecule has 2 aliphatic rings. The van der Waals surface area contributed by atoms with Crippen molar-refractivity contribution >= 4 is 32.8 Å². The third-order valence-corrected chi connectivity index (χ3v) is 5.70. The molecule has 4 rings (SSSR count). The van der Waals surface area contributed by atoms with Gasteiger partial charge in [0.25, 0.3) is 0 Å². The molecule has 2 aliphatic carbocycles. The van der Waals surface area contributed by atoms with E-state index in [2.05, 4.69) is 26.4 Å². The molecule has 116 valence electrons. The number of nitrogens with zero attached hydrogens (tertiary/aromatic N) is 1. The molecule has 2 saturated carbocycles. The zero-order valence-corrected chi connectivity index (χ0v) is 14.0. The largest absolute Gasteiger partial charge is 0.356 e. The van der Waals surface area contributed by atoms with E-state index >= 15 is 0 Å². The van der Waals surface area contributed by atoms with Crippen LogP contribution in [0.2, 0.25) is 0 Å². The van der Waals surface area contributed by atoms with E-state index in [1.807, 2.05) is 18.2 Å². The zero-order valence-electron chi connectivity index (χ0n) is 12.4. The number of hydrogen-bond donors (Lipinski definition) is 1. The number of aromatic nitrogens is 1. The second kappa shape index (κ2) is 5.37. The van der Waals surface area contributed by atoms with Gasteiger partial charge in [-0.3, -0.25) is 4.79 Å². The van der Waals surface area contributed by atoms with E-state index in [0.717, 1.165) is 21.9 Å². The Bertz CT molecular complexity index is 719. The third-order valence-electron chi connectivity index (χ3n) is 5.21. The molecule has 4 nitrogen and oxygen atoms in total. The fourth-order valence-corrected chi connectivity index (χ4v) is 4.21. The van der Waals surface area contributed by atoms with Gasteiger partial charge in [-0.25, -0.2) is 0 Å². The average molecular weight is 363 g/mol. The van der Waals surface area contributed by atoms with Crippen molar-refractivity contribution in [3.8, 4) is 0 Å². The van der Waals surface area contributed by atoms with Gasteiger partial charge in [0.2, 0.25) is 5.91 Å². The Morgan fingerprint density at radius 1 is 1.36 bits per heavy atom. The van der Waals surface area contributed by atoms with Crippen LogP contribution in [0.3, 0.4) is 0 Å². The van der Waals surface area contributed by atoms with Gasteiger partial charge in [0, 0.05) is 15.9 Å². The van der Waals surface area contributed by atoms with Gasteiger partial charge in [-0.2, -0.15) is 0 Å². The Balaban J connectivity index is 1.42. The van der Waals surface area contributed by atoms with Gasteiger partial charge in [-0.05, 0) is 42.9 Å². The number of carbonyl (C=O) groups excluding carboxylic acids is 1. The number of hydrogen-bond acceptors (Lipinski definition) is 3. The number of amides is 1. The van der Waals surface area contributed by atoms with Crippen molar-refractivity contribution in [1.82, 2.24) is 10.5 Å². The molecule has 22 heavy (non-hydrogen) atoms. The van der Waals surface area contributed by atoms with Gasteiger partial charge in [0.1, 0.15) is 5.69 Å². The molecule has 0 radical (unpaired) electrons. The minimum atomic E-state index is 0.0580. The van der Waals surface area contributed by atoms with Crippen molar-refractivity contribution in [2.24, 2.45) is 5.41 Å². The Kier molecular flexibility index (Phi) is 3.48. The molecule has 1 aromatic carbocycles. The summed E-state index contributed by atoms with van der Waals surface area (Å²) in [4.78, 5) is 12.3. The molecule has 5 heteroatoms. The Morgan fingerprint density at radius 3 is 3.00 bits per heavy atom. The van der Waals surface area contributed by atoms with Crippen LogP contribution in [0, 0.1) is 5.41 Å². The van der Waals surface area contributed by atoms with Crippen molar-refractivity contribution in [3.63, 3.8) is 0 Å². The maximum atomic E-state index is 12.3. The lowest BCUT2D eigenvalue weighted by Gasteiger charge is -2.22. The van der Waals surface area contributed by atoms with E-state index in [1.54, 1.807) is 0 Å². The molecule has 1 unspecified atom stereocenters. The highest BCUT2D eigenvalue weighted by Gasteiger charge is 2.54. The minimum Gasteiger partial charge on any atom is -0.356 e. The lowest BCUT2D eigenvalue weighted by Crippen LogP contribution is -2.31. The number of nitrogens with one attached hydrogen (secondary N) is 1. The summed E-state index contributed by atoms with van der Waals surface area (Å²) in [7, 11) is 0. The first-order valence-corrected chi connectivity index (χ1v) is 8.79. The van der Waals surface area contributed by atoms with Crippen LogP contribution in [-0.2, 0) is 11.2 Å². The Morgan fingerprint density at radius 2 is 2.18 bits per heavy atom. The summed E-state index contributed by atoms with van der Waals surface area (Å²) < 4.78 is 6.25. The number of benzene rings is 1. The van der Waals surface area contributed by atoms with Crippen LogP contribution >= 0.6 is 15.9 Å². The highest BCUT2D eigenvalue weighted by atomic mass is 79.9. The maximum Gasteiger partial charge on any atom is 0.226 e. The van der Waals surface area contributed by atoms with Gasteiger partial charge in [0.15, 0.2) is 5.58 Å². The molecule has 1 atom stereocenters. The van der Waals surface area contributed by atoms with E-state index in [-0.39, 0.29) is 12.3 Å². The van der Waals surface area contributed by atoms with Crippen LogP contribution in [0.25, 0.3) is 11.0 Å². The summed E-state index contributed by atoms with van der Waals surface area (Å²) in [6, 6.07) is 6.11. The molecule has 1 aromatic heterocycles. The van der Waals surface area contributed by atoms with E-state index in [1.165, 1.54) is 32.1 Å². The van der Waals surface area contributed by atoms with Crippen molar-refractivity contribution in [2.75, 3.05) is 0 Å². The standard InChI is InChI=1S/C17H19BrN2O2/c18-11-4-5-14-12(8-11)13(20-22-14)9-16(21)19-15-10-17(15)6-2-1-3-7-17/h4-5,8,15H,1-3,6-7,9-10H2,(H,19,21). The predicted octanol–water partition coefficient (Wildman–Crippen LogP) is 3.97. The van der Waals surface area contributed by atoms with E-state index in [4.69, 9.17) is 4.52 Å². The first-order valence-electron chi connectivity index (χ1n) is 7.99. The molecule has 1 amide bonds. The quantitative estimate of drug-likeness (QED) is 0.898. The smallest absolute Gasteiger partial charge is 0.226 e. The number of halogens is 1. The molecule has 0 aliphatic heterocycles. The van der Waals surface area contributed by atoms with Gasteiger partial charge in [-0.15, -0.1) is 0 Å². The minimum absolute atomic E-state index is 0.0580. The average Bonchev–Trinajstić information content (AvgIpc) is 2.99. The maximum absolute atomic E-state index is 12.3. The van der Waals surface area contributed by atoms with Gasteiger partial charge >= 0.3 is 0 Å². The van der Waals surface area contributed by atoms with Gasteiger partial charge in [0.05, 0.1) is 6.42 Å². The summed E-state index contributed by atoms with van der Waals surface area (Å²) in [5.74, 6) is 0.0580. The number of carbonyl (C=O) groups is 1. The van der Waals surface area contributed by atoms with Crippen molar-refractivity contribution in [2.45, 2.75) is 51.0 Å². The molecule has 1 spiro atoms.